The molecule has 0 aliphatic rings. The van der Waals surface area contributed by atoms with Crippen LogP contribution in [0.4, 0.5) is 14.9 Å². The monoisotopic (exact) mass is 360 g/mol. The van der Waals surface area contributed by atoms with Crippen LogP contribution in [-0.4, -0.2) is 37.3 Å². The van der Waals surface area contributed by atoms with E-state index in [-0.39, 0.29) is 6.61 Å². The highest BCUT2D eigenvalue weighted by molar-refractivity contribution is 5.96. The van der Waals surface area contributed by atoms with Gasteiger partial charge in [-0.1, -0.05) is 30.3 Å². The van der Waals surface area contributed by atoms with Crippen LogP contribution in [0.1, 0.15) is 12.5 Å². The quantitative estimate of drug-likeness (QED) is 0.741. The Kier molecular flexibility index (Phi) is 6.68. The van der Waals surface area contributed by atoms with Crippen LogP contribution in [0, 0.1) is 5.82 Å². The normalized spacial score (nSPS) is 11.5. The fourth-order valence-corrected chi connectivity index (χ4v) is 2.34. The number of halogens is 1. The van der Waals surface area contributed by atoms with Crippen molar-refractivity contribution in [2.24, 2.45) is 0 Å². The lowest BCUT2D eigenvalue weighted by molar-refractivity contribution is -0.169. The summed E-state index contributed by atoms with van der Waals surface area (Å²) in [7, 11) is 2.79. The Labute approximate surface area is 151 Å². The Morgan fingerprint density at radius 3 is 2.27 bits per heavy atom. The van der Waals surface area contributed by atoms with Gasteiger partial charge in [-0.25, -0.2) is 14.2 Å². The third-order valence-corrected chi connectivity index (χ3v) is 3.84. The largest absolute Gasteiger partial charge is 0.444 e. The summed E-state index contributed by atoms with van der Waals surface area (Å²) >= 11 is 0. The molecule has 0 aliphatic heterocycles. The standard InChI is InChI=1S/C19H21FN2O4/c1-14(18(23)21(2)25-3)22(17-11-9-16(20)10-12-17)19(24)26-13-15-7-5-4-6-8-15/h4-12,14H,13H2,1-3H3/t14-/m1/s1. The molecule has 0 fully saturated rings. The van der Waals surface area contributed by atoms with Crippen LogP contribution in [0.2, 0.25) is 0 Å². The number of carbonyl (C=O) groups is 2. The molecule has 7 heteroatoms. The van der Waals surface area contributed by atoms with Crippen molar-refractivity contribution in [2.75, 3.05) is 19.1 Å². The molecule has 1 atom stereocenters. The number of hydrogen-bond donors (Lipinski definition) is 0. The summed E-state index contributed by atoms with van der Waals surface area (Å²) in [6, 6.07) is 13.5. The van der Waals surface area contributed by atoms with Crippen molar-refractivity contribution in [2.45, 2.75) is 19.6 Å². The second-order valence-corrected chi connectivity index (χ2v) is 5.58. The fraction of sp³-hybridized carbons (Fsp3) is 0.263. The van der Waals surface area contributed by atoms with Crippen LogP contribution >= 0.6 is 0 Å². The van der Waals surface area contributed by atoms with Gasteiger partial charge in [-0.2, -0.15) is 0 Å². The molecule has 0 unspecified atom stereocenters. The summed E-state index contributed by atoms with van der Waals surface area (Å²) in [5, 5.41) is 1.02. The number of benzene rings is 2. The molecule has 2 rings (SSSR count). The molecule has 6 nitrogen and oxygen atoms in total. The first kappa shape index (κ1) is 19.4. The van der Waals surface area contributed by atoms with E-state index < -0.39 is 23.9 Å². The molecule has 0 aromatic heterocycles. The molecule has 2 aromatic carbocycles. The van der Waals surface area contributed by atoms with Gasteiger partial charge in [0.05, 0.1) is 7.11 Å². The maximum absolute atomic E-state index is 13.2. The van der Waals surface area contributed by atoms with Crippen LogP contribution in [0.5, 0.6) is 0 Å². The summed E-state index contributed by atoms with van der Waals surface area (Å²) in [4.78, 5) is 31.1. The number of carbonyl (C=O) groups excluding carboxylic acids is 2. The van der Waals surface area contributed by atoms with E-state index >= 15 is 0 Å². The summed E-state index contributed by atoms with van der Waals surface area (Å²) in [6.07, 6.45) is -0.717. The van der Waals surface area contributed by atoms with Gasteiger partial charge < -0.3 is 4.74 Å². The molecule has 0 aliphatic carbocycles. The van der Waals surface area contributed by atoms with Gasteiger partial charge in [-0.3, -0.25) is 14.5 Å². The number of hydrogen-bond acceptors (Lipinski definition) is 4. The molecule has 0 heterocycles. The van der Waals surface area contributed by atoms with E-state index in [1.54, 1.807) is 6.92 Å². The van der Waals surface area contributed by atoms with Crippen LogP contribution < -0.4 is 4.90 Å². The van der Waals surface area contributed by atoms with Gasteiger partial charge in [0.1, 0.15) is 18.5 Å². The molecular formula is C19H21FN2O4. The highest BCUT2D eigenvalue weighted by Crippen LogP contribution is 2.20. The lowest BCUT2D eigenvalue weighted by atomic mass is 10.2. The molecular weight excluding hydrogens is 339 g/mol. The van der Waals surface area contributed by atoms with Gasteiger partial charge >= 0.3 is 6.09 Å². The van der Waals surface area contributed by atoms with Gasteiger partial charge in [0.2, 0.25) is 0 Å². The van der Waals surface area contributed by atoms with Gasteiger partial charge in [0.25, 0.3) is 5.91 Å². The van der Waals surface area contributed by atoms with E-state index in [0.29, 0.717) is 5.69 Å². The van der Waals surface area contributed by atoms with Crippen molar-refractivity contribution < 1.29 is 23.6 Å². The minimum Gasteiger partial charge on any atom is -0.444 e. The second kappa shape index (κ2) is 8.96. The van der Waals surface area contributed by atoms with Crippen molar-refractivity contribution in [1.29, 1.82) is 0 Å². The predicted molar refractivity (Wildman–Crippen MR) is 94.7 cm³/mol. The topological polar surface area (TPSA) is 59.1 Å². The number of anilines is 1. The average Bonchev–Trinajstić information content (AvgIpc) is 2.67. The van der Waals surface area contributed by atoms with Crippen LogP contribution in [0.3, 0.4) is 0 Å². The lowest BCUT2D eigenvalue weighted by Gasteiger charge is -2.29. The first-order chi connectivity index (χ1) is 12.4. The molecule has 2 aromatic rings. The van der Waals surface area contributed by atoms with E-state index in [0.717, 1.165) is 10.6 Å². The van der Waals surface area contributed by atoms with Gasteiger partial charge in [0, 0.05) is 12.7 Å². The van der Waals surface area contributed by atoms with E-state index in [9.17, 15) is 14.0 Å². The molecule has 138 valence electrons. The molecule has 0 N–H and O–H groups in total. The summed E-state index contributed by atoms with van der Waals surface area (Å²) in [5.41, 5.74) is 1.16. The smallest absolute Gasteiger partial charge is 0.415 e. The first-order valence-corrected chi connectivity index (χ1v) is 8.01. The molecule has 0 radical (unpaired) electrons. The van der Waals surface area contributed by atoms with Crippen molar-refractivity contribution >= 4 is 17.7 Å². The number of rotatable bonds is 6. The third kappa shape index (κ3) is 4.80. The van der Waals surface area contributed by atoms with Crippen LogP contribution in [0.25, 0.3) is 0 Å². The zero-order valence-corrected chi connectivity index (χ0v) is 14.9. The number of ether oxygens (including phenoxy) is 1. The third-order valence-electron chi connectivity index (χ3n) is 3.84. The molecule has 26 heavy (non-hydrogen) atoms. The molecule has 0 spiro atoms. The average molecular weight is 360 g/mol. The number of likely N-dealkylation sites (N-methyl/N-ethyl adjacent to an activating group) is 1. The van der Waals surface area contributed by atoms with E-state index in [2.05, 4.69) is 0 Å². The predicted octanol–water partition coefficient (Wildman–Crippen LogP) is 3.38. The number of hydroxylamine groups is 2. The van der Waals surface area contributed by atoms with Crippen LogP contribution in [0.15, 0.2) is 54.6 Å². The maximum atomic E-state index is 13.2. The fourth-order valence-electron chi connectivity index (χ4n) is 2.34. The van der Waals surface area contributed by atoms with Gasteiger partial charge in [-0.05, 0) is 36.8 Å². The van der Waals surface area contributed by atoms with Crippen molar-refractivity contribution in [3.05, 3.63) is 66.0 Å². The van der Waals surface area contributed by atoms with E-state index in [1.165, 1.54) is 43.3 Å². The lowest BCUT2D eigenvalue weighted by Crippen LogP contribution is -2.48. The van der Waals surface area contributed by atoms with Crippen molar-refractivity contribution in [1.82, 2.24) is 5.06 Å². The summed E-state index contributed by atoms with van der Waals surface area (Å²) in [6.45, 7) is 1.60. The highest BCUT2D eigenvalue weighted by Gasteiger charge is 2.31. The zero-order valence-electron chi connectivity index (χ0n) is 14.9. The Morgan fingerprint density at radius 1 is 1.08 bits per heavy atom. The van der Waals surface area contributed by atoms with Crippen molar-refractivity contribution in [3.63, 3.8) is 0 Å². The maximum Gasteiger partial charge on any atom is 0.415 e. The zero-order chi connectivity index (χ0) is 19.1. The Hall–Kier alpha value is -2.93. The van der Waals surface area contributed by atoms with Crippen LogP contribution in [-0.2, 0) is 21.0 Å². The van der Waals surface area contributed by atoms with E-state index in [4.69, 9.17) is 9.57 Å². The molecule has 0 saturated carbocycles. The number of nitrogens with zero attached hydrogens (tertiary/aromatic N) is 2. The summed E-state index contributed by atoms with van der Waals surface area (Å²) < 4.78 is 18.6. The Morgan fingerprint density at radius 2 is 1.69 bits per heavy atom. The van der Waals surface area contributed by atoms with Gasteiger partial charge in [-0.15, -0.1) is 0 Å². The molecule has 0 saturated heterocycles. The minimum absolute atomic E-state index is 0.0540. The Bertz CT molecular complexity index is 737. The second-order valence-electron chi connectivity index (χ2n) is 5.58. The Balaban J connectivity index is 2.23. The molecule has 0 bridgehead atoms. The van der Waals surface area contributed by atoms with Gasteiger partial charge in [0.15, 0.2) is 0 Å². The summed E-state index contributed by atoms with van der Waals surface area (Å²) in [5.74, 6) is -0.896. The number of amides is 2. The first-order valence-electron chi connectivity index (χ1n) is 8.01. The van der Waals surface area contributed by atoms with E-state index in [1.807, 2.05) is 30.3 Å². The molecule has 2 amide bonds. The SMILES string of the molecule is CON(C)C(=O)[C@@H](C)N(C(=O)OCc1ccccc1)c1ccc(F)cc1. The van der Waals surface area contributed by atoms with Crippen molar-refractivity contribution in [3.8, 4) is 0 Å². The highest BCUT2D eigenvalue weighted by atomic mass is 19.1. The minimum atomic E-state index is -0.909.